The molecule has 7 aromatic carbocycles. The Morgan fingerprint density at radius 1 is 0.423 bits per heavy atom. The first kappa shape index (κ1) is 30.0. The van der Waals surface area contributed by atoms with Gasteiger partial charge in [0.1, 0.15) is 0 Å². The average Bonchev–Trinajstić information content (AvgIpc) is 3.79. The molecule has 52 heavy (non-hydrogen) atoms. The molecule has 1 aliphatic heterocycles. The zero-order valence-corrected chi connectivity index (χ0v) is 28.2. The smallest absolute Gasteiger partial charge is 0.305 e. The van der Waals surface area contributed by atoms with E-state index >= 15 is 0 Å². The number of ether oxygens (including phenoxy) is 2. The zero-order valence-electron chi connectivity index (χ0n) is 28.2. The van der Waals surface area contributed by atoms with Gasteiger partial charge in [0.2, 0.25) is 0 Å². The van der Waals surface area contributed by atoms with Gasteiger partial charge in [0.05, 0.1) is 27.8 Å². The average molecular weight is 669 g/mol. The number of benzene rings is 7. The van der Waals surface area contributed by atoms with Crippen LogP contribution in [0.15, 0.2) is 194 Å². The van der Waals surface area contributed by atoms with Crippen LogP contribution in [0.4, 0.5) is 0 Å². The Labute approximate surface area is 301 Å². The van der Waals surface area contributed by atoms with Crippen molar-refractivity contribution in [1.82, 2.24) is 9.55 Å². The number of hydrogen-bond acceptors (Lipinski definition) is 3. The molecule has 0 aliphatic carbocycles. The molecule has 9 aromatic rings. The van der Waals surface area contributed by atoms with Gasteiger partial charge in [-0.2, -0.15) is 0 Å². The van der Waals surface area contributed by atoms with Gasteiger partial charge in [0, 0.05) is 33.3 Å². The maximum atomic E-state index is 7.07. The Kier molecular flexibility index (Phi) is 7.00. The molecule has 246 valence electrons. The minimum atomic E-state index is -1.11. The summed E-state index contributed by atoms with van der Waals surface area (Å²) in [7, 11) is 0. The first-order valence-electron chi connectivity index (χ1n) is 17.5. The van der Waals surface area contributed by atoms with Crippen molar-refractivity contribution >= 4 is 21.8 Å². The van der Waals surface area contributed by atoms with Crippen molar-refractivity contribution < 1.29 is 9.47 Å². The molecule has 4 heteroatoms. The molecular weight excluding hydrogens is 637 g/mol. The number of rotatable bonds is 6. The summed E-state index contributed by atoms with van der Waals surface area (Å²) in [6.45, 7) is 0. The Hall–Kier alpha value is -6.91. The molecule has 0 bridgehead atoms. The number of fused-ring (bicyclic) bond motifs is 5. The maximum Gasteiger partial charge on any atom is 0.305 e. The molecule has 0 N–H and O–H groups in total. The number of nitrogens with zero attached hydrogens (tertiary/aromatic N) is 2. The van der Waals surface area contributed by atoms with Crippen molar-refractivity contribution in [2.45, 2.75) is 5.79 Å². The third-order valence-electron chi connectivity index (χ3n) is 9.99. The van der Waals surface area contributed by atoms with Crippen LogP contribution < -0.4 is 9.47 Å². The van der Waals surface area contributed by atoms with E-state index in [1.807, 2.05) is 54.6 Å². The minimum Gasteiger partial charge on any atom is -0.440 e. The van der Waals surface area contributed by atoms with Crippen LogP contribution in [-0.4, -0.2) is 9.55 Å². The molecule has 4 nitrogen and oxygen atoms in total. The highest BCUT2D eigenvalue weighted by atomic mass is 16.7. The third-order valence-corrected chi connectivity index (χ3v) is 9.99. The van der Waals surface area contributed by atoms with Crippen molar-refractivity contribution in [2.24, 2.45) is 0 Å². The summed E-state index contributed by atoms with van der Waals surface area (Å²) in [6, 6.07) is 67.1. The van der Waals surface area contributed by atoms with Crippen molar-refractivity contribution in [1.29, 1.82) is 0 Å². The van der Waals surface area contributed by atoms with E-state index in [2.05, 4.69) is 144 Å². The fraction of sp³-hybridized carbons (Fsp3) is 0.0208. The maximum absolute atomic E-state index is 7.07. The van der Waals surface area contributed by atoms with Crippen molar-refractivity contribution in [3.05, 3.63) is 205 Å². The van der Waals surface area contributed by atoms with Crippen LogP contribution in [0.25, 0.3) is 61.1 Å². The van der Waals surface area contributed by atoms with E-state index in [4.69, 9.17) is 14.5 Å². The molecule has 0 fully saturated rings. The number of hydrogen-bond donors (Lipinski definition) is 0. The van der Waals surface area contributed by atoms with Crippen molar-refractivity contribution in [2.75, 3.05) is 0 Å². The summed E-state index contributed by atoms with van der Waals surface area (Å²) in [6.07, 6.45) is 0. The highest BCUT2D eigenvalue weighted by Crippen LogP contribution is 2.53. The standard InChI is InChI=1S/C48H32N2O2/c1-5-15-34(16-6-1)41-31-36(32-42(49-41)35-17-7-2-8-18-35)33-25-27-39(28-26-33)50-43-24-14-13-23-40(43)46-44(50)29-30-45-47(46)52-48(51-45,37-19-9-3-10-20-37)38-21-11-4-12-22-38/h1-32H. The highest BCUT2D eigenvalue weighted by Gasteiger charge is 2.46. The Morgan fingerprint density at radius 3 is 1.56 bits per heavy atom. The van der Waals surface area contributed by atoms with Gasteiger partial charge < -0.3 is 14.0 Å². The second-order valence-electron chi connectivity index (χ2n) is 13.1. The van der Waals surface area contributed by atoms with E-state index in [1.54, 1.807) is 0 Å². The summed E-state index contributed by atoms with van der Waals surface area (Å²) in [5.74, 6) is 0.362. The quantitative estimate of drug-likeness (QED) is 0.177. The summed E-state index contributed by atoms with van der Waals surface area (Å²) in [4.78, 5) is 5.08. The van der Waals surface area contributed by atoms with Gasteiger partial charge in [0.15, 0.2) is 11.5 Å². The van der Waals surface area contributed by atoms with E-state index in [0.29, 0.717) is 0 Å². The predicted octanol–water partition coefficient (Wildman–Crippen LogP) is 11.9. The van der Waals surface area contributed by atoms with Crippen LogP contribution in [0.3, 0.4) is 0 Å². The van der Waals surface area contributed by atoms with Gasteiger partial charge in [-0.3, -0.25) is 0 Å². The second-order valence-corrected chi connectivity index (χ2v) is 13.1. The largest absolute Gasteiger partial charge is 0.440 e. The lowest BCUT2D eigenvalue weighted by molar-refractivity contribution is -0.0453. The molecule has 0 amide bonds. The van der Waals surface area contributed by atoms with Crippen LogP contribution in [0, 0.1) is 0 Å². The van der Waals surface area contributed by atoms with Gasteiger partial charge in [-0.1, -0.05) is 152 Å². The molecule has 0 spiro atoms. The fourth-order valence-electron chi connectivity index (χ4n) is 7.52. The molecular formula is C48H32N2O2. The first-order chi connectivity index (χ1) is 25.7. The lowest BCUT2D eigenvalue weighted by Gasteiger charge is -2.28. The summed E-state index contributed by atoms with van der Waals surface area (Å²) in [5.41, 5.74) is 11.4. The highest BCUT2D eigenvalue weighted by molar-refractivity contribution is 6.13. The van der Waals surface area contributed by atoms with Crippen LogP contribution in [0.5, 0.6) is 11.5 Å². The fourth-order valence-corrected chi connectivity index (χ4v) is 7.52. The van der Waals surface area contributed by atoms with Crippen LogP contribution in [-0.2, 0) is 5.79 Å². The Balaban J connectivity index is 1.10. The summed E-state index contributed by atoms with van der Waals surface area (Å²) < 4.78 is 16.2. The van der Waals surface area contributed by atoms with E-state index in [-0.39, 0.29) is 0 Å². The van der Waals surface area contributed by atoms with Gasteiger partial charge in [-0.05, 0) is 53.6 Å². The van der Waals surface area contributed by atoms with E-state index in [1.165, 1.54) is 0 Å². The lowest BCUT2D eigenvalue weighted by Crippen LogP contribution is -2.36. The SMILES string of the molecule is c1ccc(-c2cc(-c3ccc(-n4c5ccccc5c5c6c(ccc54)OC(c4ccccc4)(c4ccccc4)O6)cc3)cc(-c3ccccc3)n2)cc1. The monoisotopic (exact) mass is 668 g/mol. The minimum absolute atomic E-state index is 0.722. The zero-order chi connectivity index (χ0) is 34.5. The topological polar surface area (TPSA) is 36.3 Å². The van der Waals surface area contributed by atoms with E-state index in [9.17, 15) is 0 Å². The molecule has 0 unspecified atom stereocenters. The number of aromatic nitrogens is 2. The second kappa shape index (κ2) is 12.1. The molecule has 0 atom stereocenters. The molecule has 2 aromatic heterocycles. The van der Waals surface area contributed by atoms with Gasteiger partial charge in [0.25, 0.3) is 0 Å². The van der Waals surface area contributed by atoms with Crippen LogP contribution in [0.2, 0.25) is 0 Å². The molecule has 10 rings (SSSR count). The van der Waals surface area contributed by atoms with E-state index < -0.39 is 5.79 Å². The molecule has 0 radical (unpaired) electrons. The first-order valence-corrected chi connectivity index (χ1v) is 17.5. The molecule has 1 aliphatic rings. The van der Waals surface area contributed by atoms with Crippen LogP contribution >= 0.6 is 0 Å². The van der Waals surface area contributed by atoms with Gasteiger partial charge in [-0.25, -0.2) is 4.98 Å². The number of pyridine rings is 1. The van der Waals surface area contributed by atoms with E-state index in [0.717, 1.165) is 83.8 Å². The molecule has 3 heterocycles. The molecule has 0 saturated carbocycles. The normalized spacial score (nSPS) is 13.1. The third kappa shape index (κ3) is 4.88. The van der Waals surface area contributed by atoms with Crippen molar-refractivity contribution in [3.63, 3.8) is 0 Å². The lowest BCUT2D eigenvalue weighted by atomic mass is 9.97. The number of para-hydroxylation sites is 1. The van der Waals surface area contributed by atoms with Gasteiger partial charge >= 0.3 is 5.79 Å². The summed E-state index contributed by atoms with van der Waals surface area (Å²) in [5, 5.41) is 2.13. The summed E-state index contributed by atoms with van der Waals surface area (Å²) >= 11 is 0. The van der Waals surface area contributed by atoms with Gasteiger partial charge in [-0.15, -0.1) is 0 Å². The Morgan fingerprint density at radius 2 is 0.962 bits per heavy atom. The predicted molar refractivity (Wildman–Crippen MR) is 210 cm³/mol. The molecule has 0 saturated heterocycles. The Bertz CT molecular complexity index is 2610. The van der Waals surface area contributed by atoms with Crippen molar-refractivity contribution in [3.8, 4) is 50.8 Å². The van der Waals surface area contributed by atoms with Crippen LogP contribution in [0.1, 0.15) is 11.1 Å².